The van der Waals surface area contributed by atoms with Crippen molar-refractivity contribution in [3.63, 3.8) is 0 Å². The van der Waals surface area contributed by atoms with Crippen molar-refractivity contribution in [2.45, 2.75) is 143 Å². The lowest BCUT2D eigenvalue weighted by atomic mass is 9.85. The Bertz CT molecular complexity index is 268. The Balaban J connectivity index is 4.30. The molecule has 25 heavy (non-hydrogen) atoms. The van der Waals surface area contributed by atoms with Gasteiger partial charge in [0.2, 0.25) is 0 Å². The zero-order chi connectivity index (χ0) is 19.1. The molecular weight excluding hydrogens is 306 g/mol. The van der Waals surface area contributed by atoms with E-state index in [1.807, 2.05) is 0 Å². The predicted octanol–water partition coefficient (Wildman–Crippen LogP) is 6.95. The molecule has 0 amide bonds. The summed E-state index contributed by atoms with van der Waals surface area (Å²) in [6.45, 7) is 14.8. The minimum absolute atomic E-state index is 0.401. The van der Waals surface area contributed by atoms with Crippen LogP contribution in [0, 0.1) is 0 Å². The van der Waals surface area contributed by atoms with Crippen molar-refractivity contribution in [3.05, 3.63) is 0 Å². The van der Waals surface area contributed by atoms with E-state index in [9.17, 15) is 5.11 Å². The molecule has 0 bridgehead atoms. The van der Waals surface area contributed by atoms with Crippen molar-refractivity contribution in [2.24, 2.45) is 0 Å². The molecule has 0 aromatic rings. The largest absolute Gasteiger partial charge is 0.390 e. The quantitative estimate of drug-likeness (QED) is 0.285. The molecule has 0 atom stereocenters. The van der Waals surface area contributed by atoms with Gasteiger partial charge in [0.1, 0.15) is 0 Å². The zero-order valence-corrected chi connectivity index (χ0v) is 18.4. The number of hydrogen-bond acceptors (Lipinski definition) is 2. The van der Waals surface area contributed by atoms with Crippen LogP contribution in [0.15, 0.2) is 0 Å². The van der Waals surface area contributed by atoms with Crippen molar-refractivity contribution in [1.82, 2.24) is 4.90 Å². The van der Waals surface area contributed by atoms with Crippen LogP contribution in [0.1, 0.15) is 125 Å². The molecule has 0 aliphatic carbocycles. The Morgan fingerprint density at radius 3 is 1.40 bits per heavy atom. The second-order valence-electron chi connectivity index (χ2n) is 8.73. The monoisotopic (exact) mass is 355 g/mol. The van der Waals surface area contributed by atoms with E-state index in [0.717, 1.165) is 32.2 Å². The molecule has 0 unspecified atom stereocenters. The van der Waals surface area contributed by atoms with Crippen LogP contribution < -0.4 is 0 Å². The molecule has 0 heterocycles. The van der Waals surface area contributed by atoms with Crippen LogP contribution in [0.4, 0.5) is 0 Å². The maximum Gasteiger partial charge on any atom is 0.0647 e. The first-order valence-electron chi connectivity index (χ1n) is 11.3. The van der Waals surface area contributed by atoms with Crippen LogP contribution in [-0.2, 0) is 0 Å². The summed E-state index contributed by atoms with van der Waals surface area (Å²) in [6.07, 6.45) is 15.5. The first-order chi connectivity index (χ1) is 11.9. The average Bonchev–Trinajstić information content (AvgIpc) is 2.55. The topological polar surface area (TPSA) is 23.5 Å². The summed E-state index contributed by atoms with van der Waals surface area (Å²) in [5.41, 5.74) is -0.401. The first kappa shape index (κ1) is 24.9. The highest BCUT2D eigenvalue weighted by molar-refractivity contribution is 4.79. The molecule has 0 fully saturated rings. The third-order valence-electron chi connectivity index (χ3n) is 5.63. The molecule has 2 heteroatoms. The summed E-state index contributed by atoms with van der Waals surface area (Å²) >= 11 is 0. The maximum absolute atomic E-state index is 11.2. The Morgan fingerprint density at radius 1 is 0.640 bits per heavy atom. The molecule has 152 valence electrons. The van der Waals surface area contributed by atoms with Gasteiger partial charge in [-0.05, 0) is 66.3 Å². The van der Waals surface area contributed by atoms with E-state index < -0.39 is 5.60 Å². The summed E-state index contributed by atoms with van der Waals surface area (Å²) < 4.78 is 0. The second-order valence-corrected chi connectivity index (χ2v) is 8.73. The van der Waals surface area contributed by atoms with E-state index in [4.69, 9.17) is 0 Å². The minimum Gasteiger partial charge on any atom is -0.390 e. The van der Waals surface area contributed by atoms with Gasteiger partial charge in [-0.15, -0.1) is 0 Å². The number of hydrogen-bond donors (Lipinski definition) is 1. The van der Waals surface area contributed by atoms with Gasteiger partial charge in [0.15, 0.2) is 0 Å². The van der Waals surface area contributed by atoms with Crippen molar-refractivity contribution < 1.29 is 5.11 Å². The molecule has 0 aliphatic heterocycles. The number of aliphatic hydroxyl groups is 1. The predicted molar refractivity (Wildman–Crippen MR) is 113 cm³/mol. The molecule has 0 aromatic heterocycles. The Morgan fingerprint density at radius 2 is 1.04 bits per heavy atom. The molecule has 0 aromatic carbocycles. The number of rotatable bonds is 17. The molecular formula is C23H49NO. The van der Waals surface area contributed by atoms with Gasteiger partial charge >= 0.3 is 0 Å². The molecule has 0 spiro atoms. The van der Waals surface area contributed by atoms with Crippen molar-refractivity contribution in [3.8, 4) is 0 Å². The fourth-order valence-electron chi connectivity index (χ4n) is 4.00. The highest BCUT2D eigenvalue weighted by Gasteiger charge is 2.25. The van der Waals surface area contributed by atoms with E-state index in [-0.39, 0.29) is 0 Å². The maximum atomic E-state index is 11.2. The molecule has 0 radical (unpaired) electrons. The fraction of sp³-hybridized carbons (Fsp3) is 1.00. The van der Waals surface area contributed by atoms with Crippen LogP contribution in [-0.4, -0.2) is 34.2 Å². The normalized spacial score (nSPS) is 12.7. The van der Waals surface area contributed by atoms with E-state index in [0.29, 0.717) is 12.1 Å². The molecule has 0 rings (SSSR count). The summed E-state index contributed by atoms with van der Waals surface area (Å²) in [7, 11) is 0. The second kappa shape index (κ2) is 15.0. The third kappa shape index (κ3) is 12.8. The summed E-state index contributed by atoms with van der Waals surface area (Å²) in [4.78, 5) is 2.57. The highest BCUT2D eigenvalue weighted by atomic mass is 16.3. The average molecular weight is 356 g/mol. The van der Waals surface area contributed by atoms with E-state index >= 15 is 0 Å². The summed E-state index contributed by atoms with van der Waals surface area (Å²) in [5, 5.41) is 11.2. The standard InChI is InChI=1S/C23H49NO/c1-7-9-11-13-17-23(25,18-14-12-10-8-2)19-15-16-20-24(21(3)4)22(5)6/h21-22,25H,7-20H2,1-6H3. The van der Waals surface area contributed by atoms with Gasteiger partial charge in [0, 0.05) is 12.1 Å². The van der Waals surface area contributed by atoms with E-state index in [1.165, 1.54) is 57.8 Å². The lowest BCUT2D eigenvalue weighted by Gasteiger charge is -2.32. The Hall–Kier alpha value is -0.0800. The lowest BCUT2D eigenvalue weighted by molar-refractivity contribution is 0.00627. The van der Waals surface area contributed by atoms with Gasteiger partial charge in [-0.3, -0.25) is 4.90 Å². The molecule has 0 aliphatic rings. The highest BCUT2D eigenvalue weighted by Crippen LogP contribution is 2.28. The Labute approximate surface area is 159 Å². The zero-order valence-electron chi connectivity index (χ0n) is 18.4. The third-order valence-corrected chi connectivity index (χ3v) is 5.63. The van der Waals surface area contributed by atoms with Crippen molar-refractivity contribution >= 4 is 0 Å². The molecule has 1 N–H and O–H groups in total. The van der Waals surface area contributed by atoms with Gasteiger partial charge in [-0.25, -0.2) is 0 Å². The molecule has 0 saturated carbocycles. The first-order valence-corrected chi connectivity index (χ1v) is 11.3. The fourth-order valence-corrected chi connectivity index (χ4v) is 4.00. The smallest absolute Gasteiger partial charge is 0.0647 e. The van der Waals surface area contributed by atoms with Crippen LogP contribution in [0.2, 0.25) is 0 Å². The van der Waals surface area contributed by atoms with Gasteiger partial charge in [-0.1, -0.05) is 65.2 Å². The number of unbranched alkanes of at least 4 members (excludes halogenated alkanes) is 7. The van der Waals surface area contributed by atoms with Crippen molar-refractivity contribution in [1.29, 1.82) is 0 Å². The summed E-state index contributed by atoms with van der Waals surface area (Å²) in [6, 6.07) is 1.23. The van der Waals surface area contributed by atoms with Gasteiger partial charge in [-0.2, -0.15) is 0 Å². The van der Waals surface area contributed by atoms with Gasteiger partial charge in [0.25, 0.3) is 0 Å². The Kier molecular flexibility index (Phi) is 15.0. The van der Waals surface area contributed by atoms with Crippen molar-refractivity contribution in [2.75, 3.05) is 6.54 Å². The number of nitrogens with zero attached hydrogens (tertiary/aromatic N) is 1. The van der Waals surface area contributed by atoms with Crippen LogP contribution in [0.25, 0.3) is 0 Å². The molecule has 2 nitrogen and oxygen atoms in total. The van der Waals surface area contributed by atoms with Crippen LogP contribution in [0.5, 0.6) is 0 Å². The van der Waals surface area contributed by atoms with E-state index in [1.54, 1.807) is 0 Å². The van der Waals surface area contributed by atoms with Gasteiger partial charge in [0.05, 0.1) is 5.60 Å². The minimum atomic E-state index is -0.401. The van der Waals surface area contributed by atoms with Gasteiger partial charge < -0.3 is 5.11 Å². The summed E-state index contributed by atoms with van der Waals surface area (Å²) in [5.74, 6) is 0. The van der Waals surface area contributed by atoms with Crippen LogP contribution >= 0.6 is 0 Å². The SMILES string of the molecule is CCCCCCC(O)(CCCCCC)CCCCN(C(C)C)C(C)C. The lowest BCUT2D eigenvalue weighted by Crippen LogP contribution is -2.38. The van der Waals surface area contributed by atoms with Crippen LogP contribution in [0.3, 0.4) is 0 Å². The van der Waals surface area contributed by atoms with E-state index in [2.05, 4.69) is 46.4 Å². The molecule has 0 saturated heterocycles.